The highest BCUT2D eigenvalue weighted by molar-refractivity contribution is 5.85. The molecule has 0 bridgehead atoms. The van der Waals surface area contributed by atoms with Gasteiger partial charge in [0.25, 0.3) is 0 Å². The van der Waals surface area contributed by atoms with E-state index in [1.807, 2.05) is 14.1 Å². The first kappa shape index (κ1) is 15.4. The number of carboxylic acid groups (broad SMARTS) is 1. The van der Waals surface area contributed by atoms with E-state index in [1.54, 1.807) is 0 Å². The Bertz CT molecular complexity index is 167. The number of aliphatic carboxylic acids is 1. The van der Waals surface area contributed by atoms with E-state index in [-0.39, 0.29) is 30.9 Å². The maximum absolute atomic E-state index is 10.5. The van der Waals surface area contributed by atoms with Gasteiger partial charge in [-0.1, -0.05) is 0 Å². The van der Waals surface area contributed by atoms with Gasteiger partial charge in [-0.15, -0.1) is 24.8 Å². The second-order valence-corrected chi connectivity index (χ2v) is 3.15. The lowest BCUT2D eigenvalue weighted by atomic mass is 10.1. The zero-order chi connectivity index (χ0) is 8.43. The molecule has 80 valence electrons. The van der Waals surface area contributed by atoms with Crippen LogP contribution in [0.25, 0.3) is 0 Å². The summed E-state index contributed by atoms with van der Waals surface area (Å²) in [7, 11) is 3.94. The van der Waals surface area contributed by atoms with Crippen molar-refractivity contribution in [3.05, 3.63) is 0 Å². The van der Waals surface area contributed by atoms with Gasteiger partial charge in [0.15, 0.2) is 0 Å². The average molecular weight is 231 g/mol. The van der Waals surface area contributed by atoms with Gasteiger partial charge in [-0.3, -0.25) is 4.79 Å². The maximum atomic E-state index is 10.5. The molecule has 1 fully saturated rings. The summed E-state index contributed by atoms with van der Waals surface area (Å²) in [5.41, 5.74) is 0. The second kappa shape index (κ2) is 6.43. The number of nitrogens with one attached hydrogen (secondary N) is 1. The Balaban J connectivity index is 0. The van der Waals surface area contributed by atoms with Crippen LogP contribution in [0.1, 0.15) is 6.42 Å². The third-order valence-corrected chi connectivity index (χ3v) is 2.14. The Morgan fingerprint density at radius 2 is 2.00 bits per heavy atom. The van der Waals surface area contributed by atoms with Gasteiger partial charge in [-0.2, -0.15) is 0 Å². The number of hydrogen-bond donors (Lipinski definition) is 2. The first-order chi connectivity index (χ1) is 5.11. The predicted octanol–water partition coefficient (Wildman–Crippen LogP) is 0.207. The normalized spacial score (nSPS) is 26.4. The Hall–Kier alpha value is -0.0300. The molecule has 0 spiro atoms. The summed E-state index contributed by atoms with van der Waals surface area (Å²) in [5.74, 6) is -0.741. The van der Waals surface area contributed by atoms with Crippen molar-refractivity contribution in [3.63, 3.8) is 0 Å². The van der Waals surface area contributed by atoms with E-state index in [9.17, 15) is 4.79 Å². The summed E-state index contributed by atoms with van der Waals surface area (Å²) in [6.45, 7) is 0.782. The highest BCUT2D eigenvalue weighted by Gasteiger charge is 2.29. The number of carbonyl (C=O) groups is 1. The Labute approximate surface area is 90.5 Å². The molecule has 2 atom stereocenters. The van der Waals surface area contributed by atoms with Crippen molar-refractivity contribution in [1.82, 2.24) is 10.2 Å². The van der Waals surface area contributed by atoms with Gasteiger partial charge in [-0.25, -0.2) is 0 Å². The summed E-state index contributed by atoms with van der Waals surface area (Å²) >= 11 is 0. The molecule has 0 aromatic carbocycles. The van der Waals surface area contributed by atoms with Crippen molar-refractivity contribution in [2.24, 2.45) is 0 Å². The maximum Gasteiger partial charge on any atom is 0.320 e. The van der Waals surface area contributed by atoms with E-state index in [4.69, 9.17) is 5.11 Å². The number of carboxylic acids is 1. The van der Waals surface area contributed by atoms with Crippen LogP contribution in [0, 0.1) is 0 Å². The van der Waals surface area contributed by atoms with Crippen LogP contribution in [0.2, 0.25) is 0 Å². The molecular weight excluding hydrogens is 215 g/mol. The number of hydrogen-bond acceptors (Lipinski definition) is 3. The van der Waals surface area contributed by atoms with Crippen molar-refractivity contribution >= 4 is 30.8 Å². The van der Waals surface area contributed by atoms with Crippen LogP contribution in [0.4, 0.5) is 0 Å². The van der Waals surface area contributed by atoms with Gasteiger partial charge >= 0.3 is 5.97 Å². The lowest BCUT2D eigenvalue weighted by Gasteiger charge is -2.16. The van der Waals surface area contributed by atoms with Gasteiger partial charge in [0.1, 0.15) is 6.04 Å². The quantitative estimate of drug-likeness (QED) is 0.713. The van der Waals surface area contributed by atoms with Crippen molar-refractivity contribution < 1.29 is 9.90 Å². The first-order valence-corrected chi connectivity index (χ1v) is 3.74. The molecule has 0 saturated carbocycles. The number of nitrogens with zero attached hydrogens (tertiary/aromatic N) is 1. The molecule has 0 radical (unpaired) electrons. The van der Waals surface area contributed by atoms with E-state index in [0.717, 1.165) is 6.54 Å². The van der Waals surface area contributed by atoms with Gasteiger partial charge in [0.2, 0.25) is 0 Å². The van der Waals surface area contributed by atoms with Crippen molar-refractivity contribution in [2.45, 2.75) is 18.5 Å². The largest absolute Gasteiger partial charge is 0.480 e. The zero-order valence-electron chi connectivity index (χ0n) is 7.69. The third kappa shape index (κ3) is 4.13. The number of halogens is 2. The number of rotatable bonds is 2. The molecule has 1 aliphatic rings. The van der Waals surface area contributed by atoms with E-state index in [0.29, 0.717) is 12.5 Å². The van der Waals surface area contributed by atoms with Gasteiger partial charge in [0.05, 0.1) is 0 Å². The van der Waals surface area contributed by atoms with Crippen LogP contribution >= 0.6 is 24.8 Å². The average Bonchev–Trinajstić information content (AvgIpc) is 2.33. The third-order valence-electron chi connectivity index (χ3n) is 2.14. The summed E-state index contributed by atoms with van der Waals surface area (Å²) in [6.07, 6.45) is 0.711. The van der Waals surface area contributed by atoms with E-state index in [2.05, 4.69) is 10.2 Å². The van der Waals surface area contributed by atoms with E-state index < -0.39 is 5.97 Å². The lowest BCUT2D eigenvalue weighted by molar-refractivity contribution is -0.139. The minimum atomic E-state index is -0.741. The molecular formula is C7H16Cl2N2O2. The van der Waals surface area contributed by atoms with Crippen molar-refractivity contribution in [1.29, 1.82) is 0 Å². The zero-order valence-corrected chi connectivity index (χ0v) is 9.32. The van der Waals surface area contributed by atoms with Crippen LogP contribution in [0.3, 0.4) is 0 Å². The molecule has 1 heterocycles. The minimum absolute atomic E-state index is 0. The van der Waals surface area contributed by atoms with Crippen molar-refractivity contribution in [3.8, 4) is 0 Å². The monoisotopic (exact) mass is 230 g/mol. The summed E-state index contributed by atoms with van der Waals surface area (Å²) in [6, 6.07) is 0.0264. The van der Waals surface area contributed by atoms with Crippen LogP contribution in [-0.2, 0) is 4.79 Å². The van der Waals surface area contributed by atoms with Crippen LogP contribution in [0.5, 0.6) is 0 Å². The van der Waals surface area contributed by atoms with Gasteiger partial charge in [0, 0.05) is 12.6 Å². The Morgan fingerprint density at radius 3 is 2.23 bits per heavy atom. The molecule has 0 aromatic rings. The summed E-state index contributed by atoms with van der Waals surface area (Å²) in [5, 5.41) is 11.6. The fourth-order valence-corrected chi connectivity index (χ4v) is 1.30. The smallest absolute Gasteiger partial charge is 0.320 e. The molecule has 13 heavy (non-hydrogen) atoms. The summed E-state index contributed by atoms with van der Waals surface area (Å²) < 4.78 is 0. The van der Waals surface area contributed by atoms with Crippen LogP contribution in [0.15, 0.2) is 0 Å². The molecule has 4 nitrogen and oxygen atoms in total. The standard InChI is InChI=1S/C7H14N2O2.2ClH/c1-9(2)5-3-6(7(10)11)8-4-5;;/h5-6,8H,3-4H2,1-2H3,(H,10,11);2*1H/t5-,6-;;/m0../s1. The molecule has 0 aromatic heterocycles. The predicted molar refractivity (Wildman–Crippen MR) is 56.0 cm³/mol. The Morgan fingerprint density at radius 1 is 1.46 bits per heavy atom. The lowest BCUT2D eigenvalue weighted by Crippen LogP contribution is -2.30. The summed E-state index contributed by atoms with van der Waals surface area (Å²) in [4.78, 5) is 12.5. The molecule has 1 aliphatic heterocycles. The first-order valence-electron chi connectivity index (χ1n) is 3.74. The molecule has 2 N–H and O–H groups in total. The molecule has 1 saturated heterocycles. The molecule has 0 amide bonds. The fraction of sp³-hybridized carbons (Fsp3) is 0.857. The number of likely N-dealkylation sites (N-methyl/N-ethyl adjacent to an activating group) is 1. The molecule has 1 rings (SSSR count). The Kier molecular flexibility index (Phi) is 7.64. The van der Waals surface area contributed by atoms with Crippen LogP contribution in [-0.4, -0.2) is 48.7 Å². The molecule has 6 heteroatoms. The molecule has 0 aliphatic carbocycles. The SMILES string of the molecule is CN(C)[C@@H]1CN[C@H](C(=O)O)C1.Cl.Cl. The van der Waals surface area contributed by atoms with Gasteiger partial charge < -0.3 is 15.3 Å². The topological polar surface area (TPSA) is 52.6 Å². The van der Waals surface area contributed by atoms with Crippen LogP contribution < -0.4 is 5.32 Å². The minimum Gasteiger partial charge on any atom is -0.480 e. The highest BCUT2D eigenvalue weighted by atomic mass is 35.5. The fourth-order valence-electron chi connectivity index (χ4n) is 1.30. The van der Waals surface area contributed by atoms with E-state index >= 15 is 0 Å². The van der Waals surface area contributed by atoms with Gasteiger partial charge in [-0.05, 0) is 20.5 Å². The highest BCUT2D eigenvalue weighted by Crippen LogP contribution is 2.10. The second-order valence-electron chi connectivity index (χ2n) is 3.15. The van der Waals surface area contributed by atoms with E-state index in [1.165, 1.54) is 0 Å². The van der Waals surface area contributed by atoms with Crippen molar-refractivity contribution in [2.75, 3.05) is 20.6 Å². The molecule has 0 unspecified atom stereocenters.